The van der Waals surface area contributed by atoms with Gasteiger partial charge in [0.2, 0.25) is 0 Å². The molecule has 0 saturated heterocycles. The van der Waals surface area contributed by atoms with Crippen molar-refractivity contribution in [3.05, 3.63) is 76.5 Å². The number of nitrogens with zero attached hydrogens (tertiary/aromatic N) is 2. The third-order valence-corrected chi connectivity index (χ3v) is 8.10. The second kappa shape index (κ2) is 9.31. The maximum absolute atomic E-state index is 5.37. The molecule has 2 aromatic carbocycles. The lowest BCUT2D eigenvalue weighted by Gasteiger charge is -2.41. The van der Waals surface area contributed by atoms with Gasteiger partial charge in [-0.05, 0) is 80.0 Å². The number of hydrogen-bond donors (Lipinski definition) is 0. The molecule has 1 unspecified atom stereocenters. The van der Waals surface area contributed by atoms with Crippen molar-refractivity contribution in [2.75, 3.05) is 17.7 Å². The van der Waals surface area contributed by atoms with E-state index in [4.69, 9.17) is 4.98 Å². The molecule has 0 radical (unpaired) electrons. The van der Waals surface area contributed by atoms with Crippen molar-refractivity contribution in [3.63, 3.8) is 0 Å². The summed E-state index contributed by atoms with van der Waals surface area (Å²) in [6.07, 6.45) is 10.3. The molecule has 0 amide bonds. The molecule has 2 aliphatic rings. The lowest BCUT2D eigenvalue weighted by molar-refractivity contribution is 0.491. The van der Waals surface area contributed by atoms with Crippen LogP contribution < -0.4 is 4.90 Å². The molecule has 3 heteroatoms. The summed E-state index contributed by atoms with van der Waals surface area (Å²) in [6.45, 7) is 5.67. The van der Waals surface area contributed by atoms with Crippen molar-refractivity contribution in [3.8, 4) is 11.3 Å². The first-order valence-electron chi connectivity index (χ1n) is 12.3. The molecule has 0 N–H and O–H groups in total. The number of anilines is 1. The Bertz CT molecular complexity index is 1080. The zero-order chi connectivity index (χ0) is 22.1. The zero-order valence-corrected chi connectivity index (χ0v) is 20.5. The minimum atomic E-state index is 0.441. The van der Waals surface area contributed by atoms with Gasteiger partial charge >= 0.3 is 0 Å². The number of fused-ring (bicyclic) bond motifs is 2. The second-order valence-corrected chi connectivity index (χ2v) is 9.91. The highest BCUT2D eigenvalue weighted by atomic mass is 32.2. The van der Waals surface area contributed by atoms with E-state index in [9.17, 15) is 0 Å². The Labute approximate surface area is 197 Å². The normalized spacial score (nSPS) is 17.7. The van der Waals surface area contributed by atoms with Crippen LogP contribution in [0.5, 0.6) is 0 Å². The Hall–Kier alpha value is -2.26. The van der Waals surface area contributed by atoms with Crippen LogP contribution in [-0.4, -0.2) is 17.8 Å². The third kappa shape index (κ3) is 3.75. The molecule has 1 aliphatic carbocycles. The summed E-state index contributed by atoms with van der Waals surface area (Å²) in [4.78, 5) is 9.48. The van der Waals surface area contributed by atoms with Crippen LogP contribution in [-0.2, 0) is 25.7 Å². The molecule has 5 rings (SSSR count). The van der Waals surface area contributed by atoms with Gasteiger partial charge in [-0.25, -0.2) is 0 Å². The number of thioether (sulfide) groups is 1. The first-order valence-corrected chi connectivity index (χ1v) is 13.5. The van der Waals surface area contributed by atoms with Crippen molar-refractivity contribution in [2.24, 2.45) is 0 Å². The summed E-state index contributed by atoms with van der Waals surface area (Å²) in [7, 11) is 0. The summed E-state index contributed by atoms with van der Waals surface area (Å²) in [5.74, 6) is 0. The average molecular weight is 443 g/mol. The number of hydrogen-bond acceptors (Lipinski definition) is 3. The highest BCUT2D eigenvalue weighted by molar-refractivity contribution is 7.98. The monoisotopic (exact) mass is 442 g/mol. The number of aryl methyl sites for hydroxylation is 4. The van der Waals surface area contributed by atoms with Gasteiger partial charge in [-0.3, -0.25) is 4.98 Å². The molecule has 1 aromatic heterocycles. The Balaban J connectivity index is 1.64. The number of benzene rings is 2. The van der Waals surface area contributed by atoms with Gasteiger partial charge in [-0.1, -0.05) is 50.2 Å². The van der Waals surface area contributed by atoms with Crippen LogP contribution in [0.2, 0.25) is 0 Å². The van der Waals surface area contributed by atoms with E-state index in [1.165, 1.54) is 75.5 Å². The second-order valence-electron chi connectivity index (χ2n) is 9.06. The SMILES string of the molecule is CCc1cccc(CC)c1-c1cc(SC)c2c(n1)CCCC2N1CCCc2ccccc21. The summed E-state index contributed by atoms with van der Waals surface area (Å²) in [5.41, 5.74) is 11.2. The van der Waals surface area contributed by atoms with Gasteiger partial charge in [0.25, 0.3) is 0 Å². The highest BCUT2D eigenvalue weighted by Gasteiger charge is 2.32. The van der Waals surface area contributed by atoms with Crippen molar-refractivity contribution in [2.45, 2.75) is 69.7 Å². The molecule has 0 fully saturated rings. The zero-order valence-electron chi connectivity index (χ0n) is 19.7. The Morgan fingerprint density at radius 3 is 2.50 bits per heavy atom. The van der Waals surface area contributed by atoms with E-state index in [0.29, 0.717) is 6.04 Å². The molecule has 2 nitrogen and oxygen atoms in total. The Morgan fingerprint density at radius 2 is 1.75 bits per heavy atom. The predicted molar refractivity (Wildman–Crippen MR) is 138 cm³/mol. The van der Waals surface area contributed by atoms with Gasteiger partial charge in [0.1, 0.15) is 0 Å². The number of rotatable bonds is 5. The van der Waals surface area contributed by atoms with E-state index in [2.05, 4.69) is 73.5 Å². The Kier molecular flexibility index (Phi) is 6.28. The van der Waals surface area contributed by atoms with Crippen molar-refractivity contribution in [1.29, 1.82) is 0 Å². The van der Waals surface area contributed by atoms with Gasteiger partial charge in [0, 0.05) is 33.9 Å². The maximum atomic E-state index is 5.37. The summed E-state index contributed by atoms with van der Waals surface area (Å²) < 4.78 is 0. The first kappa shape index (κ1) is 21.6. The number of aromatic nitrogens is 1. The van der Waals surface area contributed by atoms with Crippen LogP contribution in [0.15, 0.2) is 53.4 Å². The maximum Gasteiger partial charge on any atom is 0.0722 e. The molecule has 1 aliphatic heterocycles. The van der Waals surface area contributed by atoms with Gasteiger partial charge in [0.05, 0.1) is 11.7 Å². The van der Waals surface area contributed by atoms with Crippen molar-refractivity contribution in [1.82, 2.24) is 4.98 Å². The van der Waals surface area contributed by atoms with E-state index in [0.717, 1.165) is 25.8 Å². The van der Waals surface area contributed by atoms with E-state index in [-0.39, 0.29) is 0 Å². The smallest absolute Gasteiger partial charge is 0.0722 e. The summed E-state index contributed by atoms with van der Waals surface area (Å²) >= 11 is 1.90. The van der Waals surface area contributed by atoms with Crippen LogP contribution in [0, 0.1) is 0 Å². The van der Waals surface area contributed by atoms with Gasteiger partial charge in [-0.2, -0.15) is 0 Å². The summed E-state index contributed by atoms with van der Waals surface area (Å²) in [5, 5.41) is 0. The molecule has 0 bridgehead atoms. The van der Waals surface area contributed by atoms with E-state index >= 15 is 0 Å². The molecular formula is C29H34N2S. The molecule has 0 saturated carbocycles. The third-order valence-electron chi connectivity index (χ3n) is 7.32. The van der Waals surface area contributed by atoms with Crippen LogP contribution in [0.4, 0.5) is 5.69 Å². The van der Waals surface area contributed by atoms with E-state index in [1.54, 1.807) is 0 Å². The van der Waals surface area contributed by atoms with E-state index in [1.807, 2.05) is 11.8 Å². The van der Waals surface area contributed by atoms with E-state index < -0.39 is 0 Å². The molecule has 166 valence electrons. The molecule has 1 atom stereocenters. The molecule has 2 heterocycles. The molecule has 0 spiro atoms. The van der Waals surface area contributed by atoms with Crippen LogP contribution >= 0.6 is 11.8 Å². The predicted octanol–water partition coefficient (Wildman–Crippen LogP) is 7.43. The molecular weight excluding hydrogens is 408 g/mol. The topological polar surface area (TPSA) is 16.1 Å². The quantitative estimate of drug-likeness (QED) is 0.382. The largest absolute Gasteiger partial charge is 0.364 e. The van der Waals surface area contributed by atoms with Crippen LogP contribution in [0.3, 0.4) is 0 Å². The molecule has 3 aromatic rings. The fourth-order valence-corrected chi connectivity index (χ4v) is 6.51. The fraction of sp³-hybridized carbons (Fsp3) is 0.414. The summed E-state index contributed by atoms with van der Waals surface area (Å²) in [6, 6.07) is 18.6. The average Bonchev–Trinajstić information content (AvgIpc) is 2.86. The van der Waals surface area contributed by atoms with Crippen molar-refractivity contribution < 1.29 is 0 Å². The standard InChI is InChI=1S/C29H34N2S/c1-4-20-12-8-13-21(5-2)28(20)24-19-27(32-3)29-23(30-24)15-9-17-26(29)31-18-10-14-22-11-6-7-16-25(22)31/h6-8,11-13,16,19,26H,4-5,9-10,14-15,17-18H2,1-3H3. The van der Waals surface area contributed by atoms with Gasteiger partial charge in [0.15, 0.2) is 0 Å². The minimum absolute atomic E-state index is 0.441. The first-order chi connectivity index (χ1) is 15.7. The number of pyridine rings is 1. The van der Waals surface area contributed by atoms with Crippen LogP contribution in [0.1, 0.15) is 67.1 Å². The number of para-hydroxylation sites is 1. The van der Waals surface area contributed by atoms with Crippen LogP contribution in [0.25, 0.3) is 11.3 Å². The van der Waals surface area contributed by atoms with Gasteiger partial charge in [-0.15, -0.1) is 11.8 Å². The highest BCUT2D eigenvalue weighted by Crippen LogP contribution is 2.44. The van der Waals surface area contributed by atoms with Gasteiger partial charge < -0.3 is 4.90 Å². The lowest BCUT2D eigenvalue weighted by Crippen LogP contribution is -2.36. The lowest BCUT2D eigenvalue weighted by atomic mass is 9.86. The minimum Gasteiger partial charge on any atom is -0.364 e. The molecule has 32 heavy (non-hydrogen) atoms. The Morgan fingerprint density at radius 1 is 0.969 bits per heavy atom. The fourth-order valence-electron chi connectivity index (χ4n) is 5.80. The van der Waals surface area contributed by atoms with Crippen molar-refractivity contribution >= 4 is 17.4 Å².